The molecule has 0 amide bonds. The van der Waals surface area contributed by atoms with Crippen LogP contribution in [0.25, 0.3) is 0 Å². The lowest BCUT2D eigenvalue weighted by Gasteiger charge is -2.12. The molecule has 1 aliphatic rings. The summed E-state index contributed by atoms with van der Waals surface area (Å²) >= 11 is 3.61. The first-order valence-electron chi connectivity index (χ1n) is 3.26. The van der Waals surface area contributed by atoms with Crippen molar-refractivity contribution < 1.29 is 4.79 Å². The fraction of sp³-hybridized carbons (Fsp3) is 0.571. The van der Waals surface area contributed by atoms with E-state index in [1.54, 1.807) is 0 Å². The lowest BCUT2D eigenvalue weighted by Crippen LogP contribution is -1.94. The molecule has 10 heavy (non-hydrogen) atoms. The van der Waals surface area contributed by atoms with Gasteiger partial charge in [0.15, 0.2) is 0 Å². The minimum absolute atomic E-state index is 0.898. The van der Waals surface area contributed by atoms with Gasteiger partial charge in [-0.2, -0.15) is 0 Å². The molecule has 0 aromatic carbocycles. The van der Waals surface area contributed by atoms with Crippen molar-refractivity contribution in [1.29, 1.82) is 0 Å². The maximum Gasteiger partial charge on any atom is 0.147 e. The molecule has 56 valence electrons. The molecule has 1 nitrogen and oxygen atoms in total. The van der Waals surface area contributed by atoms with Crippen molar-refractivity contribution in [2.24, 2.45) is 0 Å². The van der Waals surface area contributed by atoms with Crippen LogP contribution in [0.2, 0.25) is 0 Å². The Morgan fingerprint density at radius 3 is 2.60 bits per heavy atom. The molecule has 0 saturated carbocycles. The van der Waals surface area contributed by atoms with Crippen molar-refractivity contribution in [2.75, 3.05) is 11.5 Å². The fourth-order valence-corrected chi connectivity index (χ4v) is 3.22. The fourth-order valence-electron chi connectivity index (χ4n) is 0.706. The number of rotatable bonds is 1. The quantitative estimate of drug-likeness (QED) is 0.448. The number of allylic oxidation sites excluding steroid dienone is 1. The van der Waals surface area contributed by atoms with Crippen molar-refractivity contribution >= 4 is 29.8 Å². The van der Waals surface area contributed by atoms with Crippen LogP contribution in [-0.2, 0) is 4.79 Å². The van der Waals surface area contributed by atoms with Gasteiger partial charge in [0, 0.05) is 9.81 Å². The molecule has 1 rings (SSSR count). The van der Waals surface area contributed by atoms with E-state index in [4.69, 9.17) is 0 Å². The van der Waals surface area contributed by atoms with E-state index in [9.17, 15) is 4.79 Å². The van der Waals surface area contributed by atoms with E-state index >= 15 is 0 Å². The molecule has 1 fully saturated rings. The van der Waals surface area contributed by atoms with Crippen molar-refractivity contribution in [3.63, 3.8) is 0 Å². The predicted octanol–water partition coefficient (Wildman–Crippen LogP) is 2.29. The molecule has 0 unspecified atom stereocenters. The zero-order chi connectivity index (χ0) is 7.40. The normalized spacial score (nSPS) is 18.7. The zero-order valence-corrected chi connectivity index (χ0v) is 7.56. The predicted molar refractivity (Wildman–Crippen MR) is 48.3 cm³/mol. The van der Waals surface area contributed by atoms with Gasteiger partial charge < -0.3 is 0 Å². The van der Waals surface area contributed by atoms with E-state index in [1.165, 1.54) is 22.2 Å². The highest BCUT2D eigenvalue weighted by Crippen LogP contribution is 2.36. The van der Waals surface area contributed by atoms with Crippen LogP contribution in [-0.4, -0.2) is 17.8 Å². The Kier molecular flexibility index (Phi) is 3.35. The largest absolute Gasteiger partial charge is 0.298 e. The minimum atomic E-state index is 0.898. The van der Waals surface area contributed by atoms with E-state index in [1.807, 2.05) is 30.4 Å². The summed E-state index contributed by atoms with van der Waals surface area (Å²) in [5, 5.41) is 0. The molecular weight excluding hydrogens is 164 g/mol. The molecule has 0 bridgehead atoms. The summed E-state index contributed by atoms with van der Waals surface area (Å²) < 4.78 is 1.22. The first-order chi connectivity index (χ1) is 4.84. The first-order valence-corrected chi connectivity index (χ1v) is 5.23. The molecule has 1 heterocycles. The van der Waals surface area contributed by atoms with E-state index in [2.05, 4.69) is 0 Å². The maximum atomic E-state index is 10.3. The van der Waals surface area contributed by atoms with Gasteiger partial charge in [-0.15, -0.1) is 23.5 Å². The Morgan fingerprint density at radius 1 is 1.50 bits per heavy atom. The molecule has 0 aliphatic carbocycles. The third-order valence-electron chi connectivity index (χ3n) is 1.25. The molecule has 0 radical (unpaired) electrons. The number of carbonyl (C=O) groups is 1. The topological polar surface area (TPSA) is 17.1 Å². The summed E-state index contributed by atoms with van der Waals surface area (Å²) in [6.07, 6.45) is 2.21. The highest BCUT2D eigenvalue weighted by Gasteiger charge is 2.08. The van der Waals surface area contributed by atoms with E-state index in [-0.39, 0.29) is 0 Å². The third-order valence-corrected chi connectivity index (χ3v) is 4.11. The summed E-state index contributed by atoms with van der Waals surface area (Å²) in [6.45, 7) is 1.88. The van der Waals surface area contributed by atoms with Gasteiger partial charge in [-0.05, 0) is 24.9 Å². The smallest absolute Gasteiger partial charge is 0.147 e. The summed E-state index contributed by atoms with van der Waals surface area (Å²) in [7, 11) is 0. The molecule has 0 aromatic rings. The van der Waals surface area contributed by atoms with Crippen LogP contribution in [0.3, 0.4) is 0 Å². The van der Waals surface area contributed by atoms with Gasteiger partial charge in [0.1, 0.15) is 6.29 Å². The molecule has 0 atom stereocenters. The van der Waals surface area contributed by atoms with Crippen LogP contribution in [0.1, 0.15) is 13.3 Å². The van der Waals surface area contributed by atoms with Gasteiger partial charge in [-0.3, -0.25) is 4.79 Å². The van der Waals surface area contributed by atoms with Crippen LogP contribution in [0.5, 0.6) is 0 Å². The molecule has 1 aliphatic heterocycles. The standard InChI is InChI=1S/C7H10OS2/c1-6(5-8)7-9-3-2-4-10-7/h5H,2-4H2,1H3. The SMILES string of the molecule is CC(C=O)=C1SCCCS1. The average Bonchev–Trinajstić information content (AvgIpc) is 2.05. The van der Waals surface area contributed by atoms with E-state index < -0.39 is 0 Å². The summed E-state index contributed by atoms with van der Waals surface area (Å²) in [5.74, 6) is 2.35. The van der Waals surface area contributed by atoms with Gasteiger partial charge in [0.25, 0.3) is 0 Å². The Hall–Kier alpha value is 0.110. The highest BCUT2D eigenvalue weighted by atomic mass is 32.2. The van der Waals surface area contributed by atoms with Gasteiger partial charge >= 0.3 is 0 Å². The Bertz CT molecular complexity index is 155. The zero-order valence-electron chi connectivity index (χ0n) is 5.92. The number of carbonyl (C=O) groups excluding carboxylic acids is 1. The van der Waals surface area contributed by atoms with Crippen LogP contribution < -0.4 is 0 Å². The maximum absolute atomic E-state index is 10.3. The second-order valence-corrected chi connectivity index (χ2v) is 4.61. The lowest BCUT2D eigenvalue weighted by atomic mass is 10.4. The highest BCUT2D eigenvalue weighted by molar-refractivity contribution is 8.22. The van der Waals surface area contributed by atoms with Crippen LogP contribution in [0, 0.1) is 0 Å². The molecule has 0 aromatic heterocycles. The second-order valence-electron chi connectivity index (χ2n) is 2.14. The Morgan fingerprint density at radius 2 is 2.10 bits per heavy atom. The average molecular weight is 174 g/mol. The van der Waals surface area contributed by atoms with E-state index in [0.29, 0.717) is 0 Å². The van der Waals surface area contributed by atoms with Crippen molar-refractivity contribution in [3.8, 4) is 0 Å². The van der Waals surface area contributed by atoms with Gasteiger partial charge in [0.05, 0.1) is 0 Å². The molecule has 0 spiro atoms. The second kappa shape index (κ2) is 4.09. The number of thioether (sulfide) groups is 2. The molecule has 0 N–H and O–H groups in total. The molecule has 3 heteroatoms. The minimum Gasteiger partial charge on any atom is -0.298 e. The number of aldehydes is 1. The number of hydrogen-bond donors (Lipinski definition) is 0. The van der Waals surface area contributed by atoms with Crippen molar-refractivity contribution in [2.45, 2.75) is 13.3 Å². The van der Waals surface area contributed by atoms with Crippen LogP contribution in [0.4, 0.5) is 0 Å². The number of hydrogen-bond acceptors (Lipinski definition) is 3. The van der Waals surface area contributed by atoms with Crippen LogP contribution >= 0.6 is 23.5 Å². The van der Waals surface area contributed by atoms with Crippen molar-refractivity contribution in [1.82, 2.24) is 0 Å². The van der Waals surface area contributed by atoms with Gasteiger partial charge in [-0.1, -0.05) is 0 Å². The van der Waals surface area contributed by atoms with Crippen molar-refractivity contribution in [3.05, 3.63) is 9.81 Å². The first kappa shape index (κ1) is 8.21. The summed E-state index contributed by atoms with van der Waals surface area (Å²) in [4.78, 5) is 10.3. The van der Waals surface area contributed by atoms with Crippen LogP contribution in [0.15, 0.2) is 9.81 Å². The lowest BCUT2D eigenvalue weighted by molar-refractivity contribution is -0.104. The van der Waals surface area contributed by atoms with Gasteiger partial charge in [-0.25, -0.2) is 0 Å². The summed E-state index contributed by atoms with van der Waals surface area (Å²) in [6, 6.07) is 0. The summed E-state index contributed by atoms with van der Waals surface area (Å²) in [5.41, 5.74) is 0.898. The Balaban J connectivity index is 2.59. The van der Waals surface area contributed by atoms with Gasteiger partial charge in [0.2, 0.25) is 0 Å². The monoisotopic (exact) mass is 174 g/mol. The molecular formula is C7H10OS2. The third kappa shape index (κ3) is 2.06. The van der Waals surface area contributed by atoms with E-state index in [0.717, 1.165) is 11.9 Å². The Labute approximate surface area is 69.6 Å². The molecule has 1 saturated heterocycles.